The zero-order valence-corrected chi connectivity index (χ0v) is 16.9. The molecule has 1 heterocycles. The van der Waals surface area contributed by atoms with Gasteiger partial charge in [0.25, 0.3) is 0 Å². The van der Waals surface area contributed by atoms with Crippen molar-refractivity contribution in [3.05, 3.63) is 35.5 Å². The third-order valence-electron chi connectivity index (χ3n) is 6.75. The molecular formula is C22H28O6. The number of esters is 2. The molecule has 6 heteroatoms. The Morgan fingerprint density at radius 1 is 1.32 bits per heavy atom. The number of ether oxygens (including phenoxy) is 2. The number of hydrogen-bond donors (Lipinski definition) is 1. The van der Waals surface area contributed by atoms with Crippen LogP contribution in [0.25, 0.3) is 0 Å². The molecule has 0 aromatic rings. The summed E-state index contributed by atoms with van der Waals surface area (Å²) in [6.45, 7) is 6.75. The van der Waals surface area contributed by atoms with Gasteiger partial charge in [-0.3, -0.25) is 9.59 Å². The Morgan fingerprint density at radius 2 is 2.04 bits per heavy atom. The minimum Gasteiger partial charge on any atom is -0.478 e. The summed E-state index contributed by atoms with van der Waals surface area (Å²) < 4.78 is 11.9. The first kappa shape index (κ1) is 20.4. The Bertz CT molecular complexity index is 806. The molecule has 0 radical (unpaired) electrons. The number of rotatable bonds is 4. The van der Waals surface area contributed by atoms with Crippen molar-refractivity contribution in [2.45, 2.75) is 71.0 Å². The lowest BCUT2D eigenvalue weighted by atomic mass is 9.62. The summed E-state index contributed by atoms with van der Waals surface area (Å²) in [7, 11) is 0. The third kappa shape index (κ3) is 2.99. The van der Waals surface area contributed by atoms with Gasteiger partial charge in [0, 0.05) is 18.4 Å². The molecule has 6 nitrogen and oxygen atoms in total. The van der Waals surface area contributed by atoms with Crippen LogP contribution >= 0.6 is 0 Å². The number of allylic oxidation sites excluding steroid dienone is 4. The van der Waals surface area contributed by atoms with Gasteiger partial charge >= 0.3 is 17.9 Å². The predicted molar refractivity (Wildman–Crippen MR) is 102 cm³/mol. The summed E-state index contributed by atoms with van der Waals surface area (Å²) in [6, 6.07) is 0. The van der Waals surface area contributed by atoms with Gasteiger partial charge in [0.2, 0.25) is 0 Å². The van der Waals surface area contributed by atoms with Crippen LogP contribution in [0.4, 0.5) is 0 Å². The van der Waals surface area contributed by atoms with Crippen molar-refractivity contribution in [1.82, 2.24) is 0 Å². The van der Waals surface area contributed by atoms with Crippen molar-refractivity contribution in [1.29, 1.82) is 0 Å². The highest BCUT2D eigenvalue weighted by Gasteiger charge is 2.74. The molecule has 0 aromatic heterocycles. The number of carboxylic acid groups (broad SMARTS) is 1. The number of carbonyl (C=O) groups is 3. The summed E-state index contributed by atoms with van der Waals surface area (Å²) in [5.41, 5.74) is -1.35. The van der Waals surface area contributed by atoms with E-state index in [4.69, 9.17) is 14.6 Å². The van der Waals surface area contributed by atoms with E-state index in [-0.39, 0.29) is 17.5 Å². The van der Waals surface area contributed by atoms with Crippen molar-refractivity contribution >= 4 is 17.9 Å². The van der Waals surface area contributed by atoms with E-state index in [1.807, 2.05) is 13.8 Å². The molecule has 28 heavy (non-hydrogen) atoms. The minimum atomic E-state index is -1.00. The van der Waals surface area contributed by atoms with Gasteiger partial charge in [-0.1, -0.05) is 23.8 Å². The fourth-order valence-corrected chi connectivity index (χ4v) is 5.25. The summed E-state index contributed by atoms with van der Waals surface area (Å²) in [4.78, 5) is 36.4. The fraction of sp³-hybridized carbons (Fsp3) is 0.591. The van der Waals surface area contributed by atoms with Crippen LogP contribution in [-0.4, -0.2) is 34.2 Å². The van der Waals surface area contributed by atoms with E-state index in [0.29, 0.717) is 25.7 Å². The standard InChI is InChI=1S/C22H28O6/c1-14-7-11-21-12-9-17(22(21,13-8-14)27-16(3)23)20(4,28-19(21)26)10-5-6-15(2)18(24)25/h5-7,10,17H,8-9,11-13H2,1-4H3,(H,24,25)/b10-5+,15-6+/t17-,20+,21+,22-/m0/s1. The van der Waals surface area contributed by atoms with Crippen LogP contribution < -0.4 is 0 Å². The number of aliphatic carboxylic acids is 1. The van der Waals surface area contributed by atoms with E-state index in [1.54, 1.807) is 12.2 Å². The average molecular weight is 388 g/mol. The zero-order valence-electron chi connectivity index (χ0n) is 16.9. The van der Waals surface area contributed by atoms with Crippen LogP contribution in [0.3, 0.4) is 0 Å². The summed E-state index contributed by atoms with van der Waals surface area (Å²) in [5, 5.41) is 9.03. The van der Waals surface area contributed by atoms with E-state index in [9.17, 15) is 14.4 Å². The van der Waals surface area contributed by atoms with Gasteiger partial charge in [-0.25, -0.2) is 4.79 Å². The number of carboxylic acids is 1. The topological polar surface area (TPSA) is 89.9 Å². The molecule has 3 rings (SSSR count). The zero-order chi connectivity index (χ0) is 20.7. The van der Waals surface area contributed by atoms with Crippen LogP contribution in [0, 0.1) is 11.3 Å². The molecule has 3 aliphatic rings. The Balaban J connectivity index is 2.07. The first-order chi connectivity index (χ1) is 13.1. The molecule has 2 bridgehead atoms. The van der Waals surface area contributed by atoms with Gasteiger partial charge in [0.1, 0.15) is 16.6 Å². The Hall–Kier alpha value is -2.37. The maximum Gasteiger partial charge on any atom is 0.331 e. The van der Waals surface area contributed by atoms with Crippen molar-refractivity contribution in [3.8, 4) is 0 Å². The van der Waals surface area contributed by atoms with Crippen LogP contribution in [0.5, 0.6) is 0 Å². The summed E-state index contributed by atoms with van der Waals surface area (Å²) in [6.07, 6.45) is 10.1. The molecule has 1 saturated carbocycles. The van der Waals surface area contributed by atoms with Crippen LogP contribution in [0.2, 0.25) is 0 Å². The number of carbonyl (C=O) groups excluding carboxylic acids is 2. The molecule has 0 amide bonds. The first-order valence-corrected chi connectivity index (χ1v) is 9.74. The first-order valence-electron chi connectivity index (χ1n) is 9.74. The highest BCUT2D eigenvalue weighted by Crippen LogP contribution is 2.65. The van der Waals surface area contributed by atoms with Crippen molar-refractivity contribution in [2.75, 3.05) is 0 Å². The highest BCUT2D eigenvalue weighted by molar-refractivity contribution is 5.86. The molecule has 1 N–H and O–H groups in total. The maximum absolute atomic E-state index is 13.3. The molecule has 0 spiro atoms. The van der Waals surface area contributed by atoms with E-state index in [1.165, 1.54) is 25.5 Å². The van der Waals surface area contributed by atoms with E-state index < -0.39 is 28.6 Å². The highest BCUT2D eigenvalue weighted by atomic mass is 16.6. The molecular weight excluding hydrogens is 360 g/mol. The maximum atomic E-state index is 13.3. The lowest BCUT2D eigenvalue weighted by molar-refractivity contribution is -0.235. The lowest BCUT2D eigenvalue weighted by Gasteiger charge is -2.54. The predicted octanol–water partition coefficient (Wildman–Crippen LogP) is 3.72. The summed E-state index contributed by atoms with van der Waals surface area (Å²) in [5.74, 6) is -1.91. The van der Waals surface area contributed by atoms with Gasteiger partial charge in [-0.15, -0.1) is 0 Å². The smallest absolute Gasteiger partial charge is 0.331 e. The second-order valence-electron chi connectivity index (χ2n) is 8.50. The SMILES string of the molecule is CC(=O)O[C@]12CCC(C)=CC[C@]13CC[C@H]2[C@@](C)(/C=C/C=C(\C)C(=O)O)OC3=O. The normalized spacial score (nSPS) is 37.7. The quantitative estimate of drug-likeness (QED) is 0.342. The second-order valence-corrected chi connectivity index (χ2v) is 8.50. The van der Waals surface area contributed by atoms with Gasteiger partial charge in [0.05, 0.1) is 0 Å². The minimum absolute atomic E-state index is 0.185. The van der Waals surface area contributed by atoms with E-state index in [0.717, 1.165) is 6.42 Å². The average Bonchev–Trinajstić information content (AvgIpc) is 2.77. The van der Waals surface area contributed by atoms with Crippen LogP contribution in [0.1, 0.15) is 59.8 Å². The molecule has 0 unspecified atom stereocenters. The molecule has 0 aromatic carbocycles. The summed E-state index contributed by atoms with van der Waals surface area (Å²) >= 11 is 0. The monoisotopic (exact) mass is 388 g/mol. The van der Waals surface area contributed by atoms with E-state index in [2.05, 4.69) is 6.08 Å². The molecule has 2 fully saturated rings. The third-order valence-corrected chi connectivity index (χ3v) is 6.75. The number of hydrogen-bond acceptors (Lipinski definition) is 5. The van der Waals surface area contributed by atoms with Gasteiger partial charge in [-0.2, -0.15) is 0 Å². The largest absolute Gasteiger partial charge is 0.478 e. The Morgan fingerprint density at radius 3 is 2.68 bits per heavy atom. The second kappa shape index (κ2) is 6.90. The van der Waals surface area contributed by atoms with Gasteiger partial charge in [0.15, 0.2) is 0 Å². The van der Waals surface area contributed by atoms with Crippen molar-refractivity contribution in [3.63, 3.8) is 0 Å². The van der Waals surface area contributed by atoms with Crippen LogP contribution in [-0.2, 0) is 23.9 Å². The number of cyclic esters (lactones) is 1. The van der Waals surface area contributed by atoms with E-state index >= 15 is 0 Å². The Kier molecular flexibility index (Phi) is 5.02. The molecule has 2 aliphatic carbocycles. The molecule has 4 atom stereocenters. The van der Waals surface area contributed by atoms with Gasteiger partial charge in [-0.05, 0) is 59.0 Å². The van der Waals surface area contributed by atoms with Gasteiger partial charge < -0.3 is 14.6 Å². The van der Waals surface area contributed by atoms with Crippen molar-refractivity contribution in [2.24, 2.45) is 11.3 Å². The van der Waals surface area contributed by atoms with Crippen LogP contribution in [0.15, 0.2) is 35.5 Å². The molecule has 1 saturated heterocycles. The molecule has 1 aliphatic heterocycles. The lowest BCUT2D eigenvalue weighted by Crippen LogP contribution is -2.65. The molecule has 152 valence electrons. The van der Waals surface area contributed by atoms with Crippen molar-refractivity contribution < 1.29 is 29.0 Å². The fourth-order valence-electron chi connectivity index (χ4n) is 5.25. The Labute approximate surface area is 165 Å².